The van der Waals surface area contributed by atoms with Gasteiger partial charge in [-0.2, -0.15) is 5.10 Å². The molecule has 0 atom stereocenters. The van der Waals surface area contributed by atoms with Crippen LogP contribution in [0, 0.1) is 5.82 Å². The van der Waals surface area contributed by atoms with Gasteiger partial charge in [0.2, 0.25) is 0 Å². The van der Waals surface area contributed by atoms with Crippen molar-refractivity contribution < 1.29 is 17.6 Å². The molecule has 0 spiro atoms. The molecule has 7 nitrogen and oxygen atoms in total. The number of hydrogen-bond acceptors (Lipinski definition) is 6. The molecule has 1 aliphatic rings. The fourth-order valence-electron chi connectivity index (χ4n) is 2.67. The topological polar surface area (TPSA) is 94.8 Å². The van der Waals surface area contributed by atoms with Crippen LogP contribution in [0.4, 0.5) is 4.39 Å². The molecule has 4 rings (SSSR count). The molecule has 3 aromatic rings. The van der Waals surface area contributed by atoms with Gasteiger partial charge in [0, 0.05) is 17.8 Å². The molecule has 1 aliphatic carbocycles. The molecule has 0 saturated heterocycles. The van der Waals surface area contributed by atoms with Crippen LogP contribution in [-0.4, -0.2) is 45.0 Å². The highest BCUT2D eigenvalue weighted by Crippen LogP contribution is 2.29. The molecule has 3 aromatic heterocycles. The van der Waals surface area contributed by atoms with E-state index in [0.29, 0.717) is 29.8 Å². The number of rotatable bonds is 6. The molecular weight excluding hydrogens is 371 g/mol. The van der Waals surface area contributed by atoms with Crippen LogP contribution in [0.3, 0.4) is 0 Å². The maximum atomic E-state index is 13.3. The van der Waals surface area contributed by atoms with Crippen LogP contribution in [0.25, 0.3) is 16.9 Å². The maximum absolute atomic E-state index is 13.3. The van der Waals surface area contributed by atoms with E-state index >= 15 is 0 Å². The van der Waals surface area contributed by atoms with Crippen molar-refractivity contribution >= 4 is 15.6 Å². The van der Waals surface area contributed by atoms with Gasteiger partial charge in [0.25, 0.3) is 0 Å². The van der Waals surface area contributed by atoms with Gasteiger partial charge < -0.3 is 0 Å². The minimum atomic E-state index is -3.40. The molecule has 138 valence electrons. The van der Waals surface area contributed by atoms with Crippen molar-refractivity contribution in [1.29, 1.82) is 0 Å². The van der Waals surface area contributed by atoms with Crippen molar-refractivity contribution in [2.75, 3.05) is 5.75 Å². The zero-order chi connectivity index (χ0) is 19.0. The first-order valence-electron chi connectivity index (χ1n) is 8.30. The van der Waals surface area contributed by atoms with Gasteiger partial charge in [-0.1, -0.05) is 6.07 Å². The smallest absolute Gasteiger partial charge is 0.196 e. The van der Waals surface area contributed by atoms with Crippen LogP contribution in [0.2, 0.25) is 0 Å². The predicted octanol–water partition coefficient (Wildman–Crippen LogP) is 2.23. The first-order valence-corrected chi connectivity index (χ1v) is 10.0. The average molecular weight is 386 g/mol. The van der Waals surface area contributed by atoms with Gasteiger partial charge >= 0.3 is 0 Å². The first kappa shape index (κ1) is 17.5. The lowest BCUT2D eigenvalue weighted by Gasteiger charge is -2.04. The minimum absolute atomic E-state index is 0.0943. The number of nitrogens with zero attached hydrogens (tertiary/aromatic N) is 4. The largest absolute Gasteiger partial charge is 0.291 e. The number of Topliss-reactive ketones (excluding diaryl/α,β-unsaturated/α-hetero) is 1. The van der Waals surface area contributed by atoms with Crippen LogP contribution in [0.15, 0.2) is 49.1 Å². The fourth-order valence-corrected chi connectivity index (χ4v) is 4.28. The van der Waals surface area contributed by atoms with E-state index in [2.05, 4.69) is 15.1 Å². The van der Waals surface area contributed by atoms with E-state index < -0.39 is 27.2 Å². The Labute approximate surface area is 154 Å². The van der Waals surface area contributed by atoms with E-state index in [9.17, 15) is 17.6 Å². The summed E-state index contributed by atoms with van der Waals surface area (Å²) in [6.45, 7) is 0. The lowest BCUT2D eigenvalue weighted by Crippen LogP contribution is -2.20. The molecule has 1 fully saturated rings. The van der Waals surface area contributed by atoms with E-state index in [1.807, 2.05) is 0 Å². The minimum Gasteiger partial charge on any atom is -0.291 e. The number of carbonyl (C=O) groups is 1. The number of sulfone groups is 1. The summed E-state index contributed by atoms with van der Waals surface area (Å²) >= 11 is 0. The van der Waals surface area contributed by atoms with Crippen molar-refractivity contribution in [2.45, 2.75) is 18.1 Å². The summed E-state index contributed by atoms with van der Waals surface area (Å²) in [5.74, 6) is -1.53. The summed E-state index contributed by atoms with van der Waals surface area (Å²) in [6, 6.07) is 6.12. The zero-order valence-corrected chi connectivity index (χ0v) is 14.9. The molecule has 9 heteroatoms. The lowest BCUT2D eigenvalue weighted by molar-refractivity contribution is 0.101. The van der Waals surface area contributed by atoms with E-state index in [4.69, 9.17) is 0 Å². The second-order valence-corrected chi connectivity index (χ2v) is 8.65. The summed E-state index contributed by atoms with van der Waals surface area (Å²) < 4.78 is 38.8. The van der Waals surface area contributed by atoms with E-state index in [1.54, 1.807) is 18.3 Å². The first-order chi connectivity index (χ1) is 12.9. The van der Waals surface area contributed by atoms with Gasteiger partial charge in [0.05, 0.1) is 35.2 Å². The molecule has 0 bridgehead atoms. The number of pyridine rings is 2. The molecule has 0 unspecified atom stereocenters. The highest BCUT2D eigenvalue weighted by atomic mass is 32.2. The van der Waals surface area contributed by atoms with Crippen LogP contribution in [0.1, 0.15) is 23.3 Å². The lowest BCUT2D eigenvalue weighted by atomic mass is 10.2. The Hall–Kier alpha value is -2.94. The highest BCUT2D eigenvalue weighted by Gasteiger charge is 2.37. The Morgan fingerprint density at radius 3 is 2.78 bits per heavy atom. The molecule has 0 radical (unpaired) electrons. The maximum Gasteiger partial charge on any atom is 0.196 e. The van der Waals surface area contributed by atoms with Crippen LogP contribution >= 0.6 is 0 Å². The zero-order valence-electron chi connectivity index (χ0n) is 14.1. The molecule has 0 aromatic carbocycles. The van der Waals surface area contributed by atoms with Gasteiger partial charge in [-0.05, 0) is 25.0 Å². The SMILES string of the molecule is O=C(CS(=O)(=O)C1CC1)c1cccc(-c2cnn(-c3cncc(F)c3)c2)n1. The van der Waals surface area contributed by atoms with Crippen LogP contribution < -0.4 is 0 Å². The van der Waals surface area contributed by atoms with Crippen LogP contribution in [0.5, 0.6) is 0 Å². The second kappa shape index (κ2) is 6.66. The molecule has 0 N–H and O–H groups in total. The third-order valence-electron chi connectivity index (χ3n) is 4.23. The summed E-state index contributed by atoms with van der Waals surface area (Å²) in [6.07, 6.45) is 6.97. The molecule has 1 saturated carbocycles. The van der Waals surface area contributed by atoms with Gasteiger partial charge in [-0.15, -0.1) is 0 Å². The van der Waals surface area contributed by atoms with Crippen molar-refractivity contribution in [3.05, 3.63) is 60.6 Å². The van der Waals surface area contributed by atoms with E-state index in [-0.39, 0.29) is 10.9 Å². The number of hydrogen-bond donors (Lipinski definition) is 0. The van der Waals surface area contributed by atoms with Crippen molar-refractivity contribution in [3.63, 3.8) is 0 Å². The molecule has 0 amide bonds. The molecule has 27 heavy (non-hydrogen) atoms. The summed E-state index contributed by atoms with van der Waals surface area (Å²) in [7, 11) is -3.40. The molecule has 0 aliphatic heterocycles. The normalized spacial score (nSPS) is 14.3. The average Bonchev–Trinajstić information content (AvgIpc) is 3.40. The Bertz CT molecular complexity index is 1120. The van der Waals surface area contributed by atoms with Gasteiger partial charge in [-0.25, -0.2) is 22.5 Å². The predicted molar refractivity (Wildman–Crippen MR) is 95.7 cm³/mol. The number of carbonyl (C=O) groups excluding carboxylic acids is 1. The Balaban J connectivity index is 1.58. The quantitative estimate of drug-likeness (QED) is 0.603. The van der Waals surface area contributed by atoms with Gasteiger partial charge in [0.1, 0.15) is 17.3 Å². The highest BCUT2D eigenvalue weighted by molar-refractivity contribution is 7.93. The van der Waals surface area contributed by atoms with E-state index in [0.717, 1.165) is 6.20 Å². The van der Waals surface area contributed by atoms with Crippen molar-refractivity contribution in [3.8, 4) is 16.9 Å². The molecular formula is C18H15FN4O3S. The standard InChI is InChI=1S/C18H15FN4O3S/c19-13-6-14(9-20-8-13)23-10-12(7-21-23)16-2-1-3-17(22-16)18(24)11-27(25,26)15-4-5-15/h1-3,6-10,15H,4-5,11H2. The monoisotopic (exact) mass is 386 g/mol. The fraction of sp³-hybridized carbons (Fsp3) is 0.222. The van der Waals surface area contributed by atoms with Gasteiger partial charge in [-0.3, -0.25) is 9.78 Å². The number of aromatic nitrogens is 4. The Morgan fingerprint density at radius 2 is 2.04 bits per heavy atom. The van der Waals surface area contributed by atoms with Crippen molar-refractivity contribution in [2.24, 2.45) is 0 Å². The van der Waals surface area contributed by atoms with Crippen molar-refractivity contribution in [1.82, 2.24) is 19.7 Å². The Morgan fingerprint density at radius 1 is 1.22 bits per heavy atom. The van der Waals surface area contributed by atoms with Gasteiger partial charge in [0.15, 0.2) is 15.6 Å². The summed E-state index contributed by atoms with van der Waals surface area (Å²) in [5.41, 5.74) is 1.63. The van der Waals surface area contributed by atoms with E-state index in [1.165, 1.54) is 29.2 Å². The Kier molecular flexibility index (Phi) is 4.31. The summed E-state index contributed by atoms with van der Waals surface area (Å²) in [5, 5.41) is 3.77. The number of ketones is 1. The third-order valence-corrected chi connectivity index (χ3v) is 6.38. The molecule has 3 heterocycles. The second-order valence-electron chi connectivity index (χ2n) is 6.37. The number of halogens is 1. The third kappa shape index (κ3) is 3.77. The summed E-state index contributed by atoms with van der Waals surface area (Å²) in [4.78, 5) is 20.4. The van der Waals surface area contributed by atoms with Crippen LogP contribution in [-0.2, 0) is 9.84 Å².